The molecule has 1 N–H and O–H groups in total. The van der Waals surface area contributed by atoms with Crippen LogP contribution in [-0.4, -0.2) is 10.9 Å². The van der Waals surface area contributed by atoms with Crippen molar-refractivity contribution >= 4 is 43.6 Å². The summed E-state index contributed by atoms with van der Waals surface area (Å²) in [6, 6.07) is 8.37. The molecule has 2 heterocycles. The van der Waals surface area contributed by atoms with E-state index < -0.39 is 23.0 Å². The van der Waals surface area contributed by atoms with Gasteiger partial charge in [0, 0.05) is 6.07 Å². The van der Waals surface area contributed by atoms with Crippen LogP contribution in [0.4, 0.5) is 13.9 Å². The highest BCUT2D eigenvalue weighted by atomic mass is 32.1. The third-order valence-electron chi connectivity index (χ3n) is 3.56. The van der Waals surface area contributed by atoms with Gasteiger partial charge in [-0.05, 0) is 18.2 Å². The smallest absolute Gasteiger partial charge is 0.264 e. The van der Waals surface area contributed by atoms with Crippen LogP contribution in [0, 0.1) is 11.6 Å². The second-order valence-electron chi connectivity index (χ2n) is 5.18. The quantitative estimate of drug-likeness (QED) is 0.589. The van der Waals surface area contributed by atoms with E-state index in [1.165, 1.54) is 0 Å². The number of halogens is 2. The van der Waals surface area contributed by atoms with Gasteiger partial charge in [-0.1, -0.05) is 23.5 Å². The van der Waals surface area contributed by atoms with E-state index >= 15 is 0 Å². The molecular formula is C17H8F2N2O3S. The summed E-state index contributed by atoms with van der Waals surface area (Å²) in [4.78, 5) is 28.6. The summed E-state index contributed by atoms with van der Waals surface area (Å²) in [5.74, 6) is -2.29. The van der Waals surface area contributed by atoms with Crippen LogP contribution in [0.1, 0.15) is 10.4 Å². The highest BCUT2D eigenvalue weighted by Crippen LogP contribution is 2.28. The Bertz CT molecular complexity index is 1200. The Morgan fingerprint density at radius 2 is 2.00 bits per heavy atom. The molecule has 0 saturated heterocycles. The maximum atomic E-state index is 13.7. The van der Waals surface area contributed by atoms with Gasteiger partial charge in [-0.15, -0.1) is 0 Å². The standard InChI is InChI=1S/C17H8F2N2O3S/c18-8-5-11(19)14-13(6-8)25-17(20-14)21-16(23)10-7-24-12-4-2-1-3-9(12)15(10)22/h1-7H,(H,20,21,23). The molecule has 0 aliphatic carbocycles. The van der Waals surface area contributed by atoms with Crippen molar-refractivity contribution in [2.24, 2.45) is 0 Å². The van der Waals surface area contributed by atoms with Crippen molar-refractivity contribution in [1.82, 2.24) is 4.98 Å². The van der Waals surface area contributed by atoms with Crippen LogP contribution < -0.4 is 10.7 Å². The summed E-state index contributed by atoms with van der Waals surface area (Å²) < 4.78 is 32.5. The number of anilines is 1. The van der Waals surface area contributed by atoms with Crippen molar-refractivity contribution in [3.05, 3.63) is 70.1 Å². The number of carbonyl (C=O) groups excluding carboxylic acids is 1. The first-order chi connectivity index (χ1) is 12.0. The summed E-state index contributed by atoms with van der Waals surface area (Å²) in [5.41, 5.74) is -0.379. The molecule has 0 aliphatic rings. The van der Waals surface area contributed by atoms with Crippen molar-refractivity contribution in [2.45, 2.75) is 0 Å². The second kappa shape index (κ2) is 5.75. The van der Waals surface area contributed by atoms with Crippen molar-refractivity contribution < 1.29 is 18.0 Å². The highest BCUT2D eigenvalue weighted by Gasteiger charge is 2.17. The molecule has 4 rings (SSSR count). The number of fused-ring (bicyclic) bond motifs is 2. The maximum absolute atomic E-state index is 13.7. The molecule has 0 atom stereocenters. The van der Waals surface area contributed by atoms with Crippen LogP contribution in [0.5, 0.6) is 0 Å². The molecule has 0 fully saturated rings. The minimum absolute atomic E-state index is 0.0488. The van der Waals surface area contributed by atoms with Gasteiger partial charge in [-0.3, -0.25) is 14.9 Å². The Labute approximate surface area is 142 Å². The third-order valence-corrected chi connectivity index (χ3v) is 4.48. The van der Waals surface area contributed by atoms with Gasteiger partial charge in [0.1, 0.15) is 28.7 Å². The Kier molecular flexibility index (Phi) is 3.54. The Morgan fingerprint density at radius 1 is 1.20 bits per heavy atom. The number of amides is 1. The fourth-order valence-corrected chi connectivity index (χ4v) is 3.31. The maximum Gasteiger partial charge on any atom is 0.264 e. The lowest BCUT2D eigenvalue weighted by molar-refractivity contribution is 0.102. The van der Waals surface area contributed by atoms with E-state index in [9.17, 15) is 18.4 Å². The second-order valence-corrected chi connectivity index (χ2v) is 6.21. The fourth-order valence-electron chi connectivity index (χ4n) is 2.41. The number of rotatable bonds is 2. The molecule has 1 amide bonds. The lowest BCUT2D eigenvalue weighted by Crippen LogP contribution is -2.21. The largest absolute Gasteiger partial charge is 0.463 e. The number of nitrogens with zero attached hydrogens (tertiary/aromatic N) is 1. The van der Waals surface area contributed by atoms with E-state index in [2.05, 4.69) is 10.3 Å². The number of carbonyl (C=O) groups is 1. The van der Waals surface area contributed by atoms with E-state index in [1.54, 1.807) is 24.3 Å². The molecule has 25 heavy (non-hydrogen) atoms. The Morgan fingerprint density at radius 3 is 2.84 bits per heavy atom. The van der Waals surface area contributed by atoms with Crippen molar-refractivity contribution in [2.75, 3.05) is 5.32 Å². The highest BCUT2D eigenvalue weighted by molar-refractivity contribution is 7.22. The number of hydrogen-bond acceptors (Lipinski definition) is 5. The van der Waals surface area contributed by atoms with E-state index in [1.807, 2.05) is 0 Å². The number of nitrogens with one attached hydrogen (secondary N) is 1. The summed E-state index contributed by atoms with van der Waals surface area (Å²) in [6.07, 6.45) is 1.06. The molecule has 2 aromatic heterocycles. The average Bonchev–Trinajstić information content (AvgIpc) is 2.98. The first kappa shape index (κ1) is 15.4. The van der Waals surface area contributed by atoms with Gasteiger partial charge in [-0.25, -0.2) is 13.8 Å². The first-order valence-corrected chi connectivity index (χ1v) is 7.92. The molecular weight excluding hydrogens is 350 g/mol. The van der Waals surface area contributed by atoms with Gasteiger partial charge in [0.25, 0.3) is 5.91 Å². The van der Waals surface area contributed by atoms with Crippen molar-refractivity contribution in [3.63, 3.8) is 0 Å². The Balaban J connectivity index is 1.72. The number of benzene rings is 2. The van der Waals surface area contributed by atoms with Gasteiger partial charge >= 0.3 is 0 Å². The van der Waals surface area contributed by atoms with Crippen LogP contribution in [0.15, 0.2) is 51.9 Å². The van der Waals surface area contributed by atoms with Crippen molar-refractivity contribution in [1.29, 1.82) is 0 Å². The molecule has 0 bridgehead atoms. The predicted molar refractivity (Wildman–Crippen MR) is 90.0 cm³/mol. The molecule has 8 heteroatoms. The molecule has 124 valence electrons. The number of para-hydroxylation sites is 1. The zero-order valence-corrected chi connectivity index (χ0v) is 13.2. The summed E-state index contributed by atoms with van der Waals surface area (Å²) in [6.45, 7) is 0. The minimum Gasteiger partial charge on any atom is -0.463 e. The van der Waals surface area contributed by atoms with Crippen LogP contribution in [0.2, 0.25) is 0 Å². The van der Waals surface area contributed by atoms with E-state index in [4.69, 9.17) is 4.42 Å². The van der Waals surface area contributed by atoms with Gasteiger partial charge in [0.2, 0.25) is 5.43 Å². The van der Waals surface area contributed by atoms with Gasteiger partial charge in [0.05, 0.1) is 10.1 Å². The van der Waals surface area contributed by atoms with Crippen LogP contribution in [0.25, 0.3) is 21.2 Å². The Hall–Kier alpha value is -3.13. The number of hydrogen-bond donors (Lipinski definition) is 1. The first-order valence-electron chi connectivity index (χ1n) is 7.10. The van der Waals surface area contributed by atoms with Gasteiger partial charge in [0.15, 0.2) is 10.9 Å². The summed E-state index contributed by atoms with van der Waals surface area (Å²) in [5, 5.41) is 2.74. The van der Waals surface area contributed by atoms with Crippen LogP contribution in [0.3, 0.4) is 0 Å². The average molecular weight is 358 g/mol. The molecule has 0 unspecified atom stereocenters. The normalized spacial score (nSPS) is 11.1. The van der Waals surface area contributed by atoms with E-state index in [0.717, 1.165) is 23.7 Å². The zero-order valence-electron chi connectivity index (χ0n) is 12.4. The molecule has 2 aromatic carbocycles. The van der Waals surface area contributed by atoms with Gasteiger partial charge in [-0.2, -0.15) is 0 Å². The third kappa shape index (κ3) is 2.66. The molecule has 0 spiro atoms. The minimum atomic E-state index is -0.822. The monoisotopic (exact) mass is 358 g/mol. The van der Waals surface area contributed by atoms with Crippen molar-refractivity contribution in [3.8, 4) is 0 Å². The molecule has 0 aliphatic heterocycles. The van der Waals surface area contributed by atoms with Crippen LogP contribution >= 0.6 is 11.3 Å². The van der Waals surface area contributed by atoms with E-state index in [-0.39, 0.29) is 26.3 Å². The summed E-state index contributed by atoms with van der Waals surface area (Å²) >= 11 is 0.902. The molecule has 4 aromatic rings. The SMILES string of the molecule is O=C(Nc1nc2c(F)cc(F)cc2s1)c1coc2ccccc2c1=O. The van der Waals surface area contributed by atoms with E-state index in [0.29, 0.717) is 11.6 Å². The molecule has 0 radical (unpaired) electrons. The topological polar surface area (TPSA) is 72.2 Å². The van der Waals surface area contributed by atoms with Gasteiger partial charge < -0.3 is 4.42 Å². The lowest BCUT2D eigenvalue weighted by Gasteiger charge is -2.02. The predicted octanol–water partition coefficient (Wildman–Crippen LogP) is 3.93. The zero-order chi connectivity index (χ0) is 17.6. The summed E-state index contributed by atoms with van der Waals surface area (Å²) in [7, 11) is 0. The number of thiazole rings is 1. The lowest BCUT2D eigenvalue weighted by atomic mass is 10.1. The van der Waals surface area contributed by atoms with Crippen LogP contribution in [-0.2, 0) is 0 Å². The fraction of sp³-hybridized carbons (Fsp3) is 0. The molecule has 0 saturated carbocycles. The number of aromatic nitrogens is 1. The molecule has 5 nitrogen and oxygen atoms in total.